The van der Waals surface area contributed by atoms with Gasteiger partial charge < -0.3 is 14.5 Å². The largest absolute Gasteiger partial charge is 0.464 e. The Kier molecular flexibility index (Phi) is 5.40. The Morgan fingerprint density at radius 2 is 1.88 bits per heavy atom. The van der Waals surface area contributed by atoms with E-state index in [0.29, 0.717) is 34.5 Å². The van der Waals surface area contributed by atoms with Crippen LogP contribution in [0.1, 0.15) is 12.7 Å². The van der Waals surface area contributed by atoms with Crippen molar-refractivity contribution in [3.8, 4) is 28.6 Å². The fourth-order valence-electron chi connectivity index (χ4n) is 3.81. The van der Waals surface area contributed by atoms with Gasteiger partial charge in [0.05, 0.1) is 23.3 Å². The van der Waals surface area contributed by atoms with Crippen LogP contribution in [0.3, 0.4) is 0 Å². The highest BCUT2D eigenvalue weighted by Crippen LogP contribution is 2.26. The number of pyridine rings is 1. The van der Waals surface area contributed by atoms with Gasteiger partial charge in [0.25, 0.3) is 5.56 Å². The molecular formula is C24H19F2N5O3. The second kappa shape index (κ2) is 8.54. The molecule has 3 aromatic heterocycles. The van der Waals surface area contributed by atoms with E-state index < -0.39 is 6.61 Å². The average Bonchev–Trinajstić information content (AvgIpc) is 3.18. The van der Waals surface area contributed by atoms with Crippen LogP contribution in [0.4, 0.5) is 8.78 Å². The summed E-state index contributed by atoms with van der Waals surface area (Å²) < 4.78 is 36.4. The minimum atomic E-state index is -2.94. The predicted octanol–water partition coefficient (Wildman–Crippen LogP) is 4.63. The smallest absolute Gasteiger partial charge is 0.387 e. The molecule has 0 radical (unpaired) electrons. The fourth-order valence-corrected chi connectivity index (χ4v) is 3.81. The maximum absolute atomic E-state index is 13.7. The number of nitrogens with zero attached hydrogens (tertiary/aromatic N) is 4. The van der Waals surface area contributed by atoms with Crippen molar-refractivity contribution in [1.29, 1.82) is 0 Å². The van der Waals surface area contributed by atoms with Crippen molar-refractivity contribution < 1.29 is 18.3 Å². The highest BCUT2D eigenvalue weighted by Gasteiger charge is 2.16. The Bertz CT molecular complexity index is 1560. The maximum atomic E-state index is 13.7. The van der Waals surface area contributed by atoms with Crippen molar-refractivity contribution in [2.24, 2.45) is 0 Å². The summed E-state index contributed by atoms with van der Waals surface area (Å²) in [6.45, 7) is 1.08. The number of hydrogen-bond acceptors (Lipinski definition) is 6. The molecule has 0 spiro atoms. The number of aromatic nitrogens is 5. The Labute approximate surface area is 191 Å². The van der Waals surface area contributed by atoms with Gasteiger partial charge in [0.2, 0.25) is 0 Å². The summed E-state index contributed by atoms with van der Waals surface area (Å²) in [7, 11) is 0. The highest BCUT2D eigenvalue weighted by molar-refractivity contribution is 5.86. The molecule has 34 heavy (non-hydrogen) atoms. The monoisotopic (exact) mass is 463 g/mol. The fraction of sp³-hybridized carbons (Fsp3) is 0.167. The molecule has 8 nitrogen and oxygen atoms in total. The molecule has 5 rings (SSSR count). The van der Waals surface area contributed by atoms with Gasteiger partial charge in [-0.25, -0.2) is 9.97 Å². The van der Waals surface area contributed by atoms with E-state index in [1.54, 1.807) is 19.2 Å². The van der Waals surface area contributed by atoms with Crippen LogP contribution < -0.4 is 15.0 Å². The first-order chi connectivity index (χ1) is 16.4. The Morgan fingerprint density at radius 1 is 1.09 bits per heavy atom. The molecule has 1 N–H and O–H groups in total. The third kappa shape index (κ3) is 3.94. The van der Waals surface area contributed by atoms with Gasteiger partial charge in [0.15, 0.2) is 5.65 Å². The molecule has 10 heteroatoms. The summed E-state index contributed by atoms with van der Waals surface area (Å²) in [6, 6.07) is 13.2. The predicted molar refractivity (Wildman–Crippen MR) is 123 cm³/mol. The van der Waals surface area contributed by atoms with E-state index in [1.807, 2.05) is 25.1 Å². The molecule has 2 aromatic carbocycles. The van der Waals surface area contributed by atoms with E-state index in [0.717, 1.165) is 16.9 Å². The van der Waals surface area contributed by atoms with Crippen molar-refractivity contribution in [3.63, 3.8) is 0 Å². The van der Waals surface area contributed by atoms with Gasteiger partial charge in [-0.3, -0.25) is 9.36 Å². The summed E-state index contributed by atoms with van der Waals surface area (Å²) in [4.78, 5) is 30.0. The van der Waals surface area contributed by atoms with Gasteiger partial charge in [-0.05, 0) is 61.9 Å². The van der Waals surface area contributed by atoms with Crippen molar-refractivity contribution in [2.75, 3.05) is 6.61 Å². The molecule has 0 saturated heterocycles. The third-order valence-corrected chi connectivity index (χ3v) is 5.22. The first kappa shape index (κ1) is 21.5. The zero-order chi connectivity index (χ0) is 23.8. The minimum Gasteiger partial charge on any atom is -0.464 e. The first-order valence-electron chi connectivity index (χ1n) is 10.5. The number of hydrogen-bond donors (Lipinski definition) is 1. The van der Waals surface area contributed by atoms with Crippen LogP contribution in [0.25, 0.3) is 38.9 Å². The second-order valence-corrected chi connectivity index (χ2v) is 7.49. The van der Waals surface area contributed by atoms with Crippen molar-refractivity contribution in [1.82, 2.24) is 24.5 Å². The van der Waals surface area contributed by atoms with Crippen LogP contribution in [0.15, 0.2) is 59.5 Å². The molecule has 0 unspecified atom stereocenters. The van der Waals surface area contributed by atoms with Crippen LogP contribution in [-0.4, -0.2) is 37.7 Å². The number of ether oxygens (including phenoxy) is 2. The molecule has 3 heterocycles. The number of aromatic amines is 1. The van der Waals surface area contributed by atoms with E-state index in [1.165, 1.54) is 28.8 Å². The second-order valence-electron chi connectivity index (χ2n) is 7.49. The summed E-state index contributed by atoms with van der Waals surface area (Å²) in [6.07, 6.45) is 1.58. The molecule has 0 atom stereocenters. The minimum absolute atomic E-state index is 0.0167. The SMILES string of the molecule is CCOc1ncc2cc(-c3ccc4nc(C)[nH]c4c3)c(=O)n(-c3ccc(OC(F)F)cc3)c2n1. The van der Waals surface area contributed by atoms with Crippen LogP contribution in [0, 0.1) is 6.92 Å². The normalized spacial score (nSPS) is 11.4. The van der Waals surface area contributed by atoms with Crippen LogP contribution in [0.5, 0.6) is 11.8 Å². The first-order valence-corrected chi connectivity index (χ1v) is 10.5. The van der Waals surface area contributed by atoms with Gasteiger partial charge >= 0.3 is 12.6 Å². The van der Waals surface area contributed by atoms with Gasteiger partial charge in [0, 0.05) is 17.1 Å². The molecule has 0 aliphatic rings. The van der Waals surface area contributed by atoms with Gasteiger partial charge in [-0.15, -0.1) is 0 Å². The van der Waals surface area contributed by atoms with E-state index in [4.69, 9.17) is 4.74 Å². The zero-order valence-electron chi connectivity index (χ0n) is 18.3. The Morgan fingerprint density at radius 3 is 2.62 bits per heavy atom. The molecular weight excluding hydrogens is 444 g/mol. The number of aryl methyl sites for hydroxylation is 1. The zero-order valence-corrected chi connectivity index (χ0v) is 18.3. The molecule has 0 saturated carbocycles. The van der Waals surface area contributed by atoms with E-state index in [9.17, 15) is 13.6 Å². The number of fused-ring (bicyclic) bond motifs is 2. The number of rotatable bonds is 6. The number of nitrogens with one attached hydrogen (secondary N) is 1. The van der Waals surface area contributed by atoms with Crippen molar-refractivity contribution in [3.05, 3.63) is 70.9 Å². The lowest BCUT2D eigenvalue weighted by Crippen LogP contribution is -2.21. The van der Waals surface area contributed by atoms with E-state index >= 15 is 0 Å². The van der Waals surface area contributed by atoms with Crippen LogP contribution in [-0.2, 0) is 0 Å². The number of alkyl halides is 2. The number of H-pyrrole nitrogens is 1. The summed E-state index contributed by atoms with van der Waals surface area (Å²) in [5, 5.41) is 0.604. The molecule has 0 aliphatic carbocycles. The summed E-state index contributed by atoms with van der Waals surface area (Å²) in [5.41, 5.74) is 3.11. The lowest BCUT2D eigenvalue weighted by molar-refractivity contribution is -0.0498. The lowest BCUT2D eigenvalue weighted by atomic mass is 10.1. The number of benzene rings is 2. The topological polar surface area (TPSA) is 94.9 Å². The molecule has 5 aromatic rings. The van der Waals surface area contributed by atoms with Gasteiger partial charge in [0.1, 0.15) is 11.6 Å². The molecule has 0 bridgehead atoms. The maximum Gasteiger partial charge on any atom is 0.387 e. The lowest BCUT2D eigenvalue weighted by Gasteiger charge is -2.14. The third-order valence-electron chi connectivity index (χ3n) is 5.22. The quantitative estimate of drug-likeness (QED) is 0.395. The van der Waals surface area contributed by atoms with Crippen molar-refractivity contribution >= 4 is 22.1 Å². The molecule has 0 aliphatic heterocycles. The molecule has 172 valence electrons. The van der Waals surface area contributed by atoms with Gasteiger partial charge in [-0.1, -0.05) is 6.07 Å². The average molecular weight is 463 g/mol. The molecule has 0 amide bonds. The standard InChI is InChI=1S/C24H19F2N5O3/c1-3-33-24-27-12-15-10-18(14-4-9-19-20(11-14)29-13(2)28-19)22(32)31(21(15)30-24)16-5-7-17(8-6-16)34-23(25)26/h4-12,23H,3H2,1-2H3,(H,28,29). The van der Waals surface area contributed by atoms with Crippen molar-refractivity contribution in [2.45, 2.75) is 20.5 Å². The Hall–Kier alpha value is -4.34. The van der Waals surface area contributed by atoms with Crippen LogP contribution >= 0.6 is 0 Å². The Balaban J connectivity index is 1.74. The molecule has 0 fully saturated rings. The van der Waals surface area contributed by atoms with E-state index in [2.05, 4.69) is 24.7 Å². The van der Waals surface area contributed by atoms with Gasteiger partial charge in [-0.2, -0.15) is 13.8 Å². The number of imidazole rings is 1. The summed E-state index contributed by atoms with van der Waals surface area (Å²) in [5.74, 6) is 0.753. The number of halogens is 2. The highest BCUT2D eigenvalue weighted by atomic mass is 19.3. The summed E-state index contributed by atoms with van der Waals surface area (Å²) >= 11 is 0. The van der Waals surface area contributed by atoms with E-state index in [-0.39, 0.29) is 17.3 Å². The van der Waals surface area contributed by atoms with Crippen LogP contribution in [0.2, 0.25) is 0 Å².